The predicted octanol–water partition coefficient (Wildman–Crippen LogP) is 1.95. The van der Waals surface area contributed by atoms with Crippen molar-refractivity contribution in [2.24, 2.45) is 0 Å². The minimum absolute atomic E-state index is 0.0143. The molecule has 1 aromatic rings. The highest BCUT2D eigenvalue weighted by Crippen LogP contribution is 2.11. The van der Waals surface area contributed by atoms with Crippen molar-refractivity contribution in [2.75, 3.05) is 32.7 Å². The summed E-state index contributed by atoms with van der Waals surface area (Å²) < 4.78 is 18.8. The molecule has 1 N–H and O–H groups in total. The topological polar surface area (TPSA) is 79.0 Å². The summed E-state index contributed by atoms with van der Waals surface area (Å²) in [5.41, 5.74) is -0.209. The second-order valence-corrected chi connectivity index (χ2v) is 7.71. The summed E-state index contributed by atoms with van der Waals surface area (Å²) in [6, 6.07) is 6.23. The van der Waals surface area contributed by atoms with E-state index in [-0.39, 0.29) is 37.0 Å². The largest absolute Gasteiger partial charge is 0.444 e. The second-order valence-electron chi connectivity index (χ2n) is 7.71. The standard InChI is InChI=1S/C20H28FN3O4/c1-20(2,3)28-19(27)22-9-8-17(25)23-10-12-24(13-11-23)18(26)14-15-6-4-5-7-16(15)21/h4-7H,8-14H2,1-3H3,(H,22,27). The van der Waals surface area contributed by atoms with E-state index in [1.165, 1.54) is 6.07 Å². The lowest BCUT2D eigenvalue weighted by Gasteiger charge is -2.35. The Morgan fingerprint density at radius 1 is 1.04 bits per heavy atom. The van der Waals surface area contributed by atoms with Crippen molar-refractivity contribution in [3.8, 4) is 0 Å². The number of hydrogen-bond donors (Lipinski definition) is 1. The fraction of sp³-hybridized carbons (Fsp3) is 0.550. The van der Waals surface area contributed by atoms with Crippen molar-refractivity contribution in [1.82, 2.24) is 15.1 Å². The second kappa shape index (κ2) is 9.52. The molecule has 1 aliphatic heterocycles. The summed E-state index contributed by atoms with van der Waals surface area (Å²) in [5, 5.41) is 2.56. The predicted molar refractivity (Wildman–Crippen MR) is 102 cm³/mol. The molecule has 1 aliphatic rings. The van der Waals surface area contributed by atoms with E-state index < -0.39 is 11.7 Å². The van der Waals surface area contributed by atoms with Crippen molar-refractivity contribution in [3.05, 3.63) is 35.6 Å². The van der Waals surface area contributed by atoms with Gasteiger partial charge in [0.15, 0.2) is 0 Å². The minimum Gasteiger partial charge on any atom is -0.444 e. The zero-order chi connectivity index (χ0) is 20.7. The first kappa shape index (κ1) is 21.7. The maximum atomic E-state index is 13.7. The number of halogens is 1. The van der Waals surface area contributed by atoms with Gasteiger partial charge in [-0.05, 0) is 32.4 Å². The van der Waals surface area contributed by atoms with Crippen LogP contribution in [0.4, 0.5) is 9.18 Å². The third-order valence-electron chi connectivity index (χ3n) is 4.29. The van der Waals surface area contributed by atoms with Gasteiger partial charge in [0.05, 0.1) is 6.42 Å². The van der Waals surface area contributed by atoms with Gasteiger partial charge in [0.25, 0.3) is 0 Å². The van der Waals surface area contributed by atoms with Crippen molar-refractivity contribution < 1.29 is 23.5 Å². The summed E-state index contributed by atoms with van der Waals surface area (Å²) in [6.07, 6.45) is -0.369. The zero-order valence-electron chi connectivity index (χ0n) is 16.7. The Kier molecular flexibility index (Phi) is 7.37. The molecule has 3 amide bonds. The maximum Gasteiger partial charge on any atom is 0.407 e. The molecule has 0 aliphatic carbocycles. The van der Waals surface area contributed by atoms with E-state index >= 15 is 0 Å². The third-order valence-corrected chi connectivity index (χ3v) is 4.29. The highest BCUT2D eigenvalue weighted by Gasteiger charge is 2.24. The molecule has 0 saturated carbocycles. The van der Waals surface area contributed by atoms with Crippen LogP contribution in [-0.4, -0.2) is 66.0 Å². The summed E-state index contributed by atoms with van der Waals surface area (Å²) in [4.78, 5) is 39.5. The molecule has 0 aromatic heterocycles. The number of carbonyl (C=O) groups excluding carboxylic acids is 3. The van der Waals surface area contributed by atoms with Gasteiger partial charge in [-0.25, -0.2) is 9.18 Å². The van der Waals surface area contributed by atoms with Crippen LogP contribution in [0, 0.1) is 5.82 Å². The fourth-order valence-electron chi connectivity index (χ4n) is 2.87. The Morgan fingerprint density at radius 2 is 1.61 bits per heavy atom. The Balaban J connectivity index is 1.71. The molecule has 8 heteroatoms. The van der Waals surface area contributed by atoms with Crippen LogP contribution in [-0.2, 0) is 20.7 Å². The lowest BCUT2D eigenvalue weighted by Crippen LogP contribution is -2.51. The molecule has 1 saturated heterocycles. The van der Waals surface area contributed by atoms with E-state index in [2.05, 4.69) is 5.32 Å². The average molecular weight is 393 g/mol. The van der Waals surface area contributed by atoms with Gasteiger partial charge in [0.2, 0.25) is 11.8 Å². The van der Waals surface area contributed by atoms with E-state index in [1.807, 2.05) is 0 Å². The van der Waals surface area contributed by atoms with Crippen LogP contribution in [0.3, 0.4) is 0 Å². The van der Waals surface area contributed by atoms with Gasteiger partial charge >= 0.3 is 6.09 Å². The Labute approximate surface area is 164 Å². The van der Waals surface area contributed by atoms with Gasteiger partial charge in [-0.2, -0.15) is 0 Å². The van der Waals surface area contributed by atoms with Crippen LogP contribution >= 0.6 is 0 Å². The first-order valence-electron chi connectivity index (χ1n) is 9.41. The molecule has 0 bridgehead atoms. The van der Waals surface area contributed by atoms with E-state index in [9.17, 15) is 18.8 Å². The molecule has 28 heavy (non-hydrogen) atoms. The Morgan fingerprint density at radius 3 is 2.18 bits per heavy atom. The van der Waals surface area contributed by atoms with E-state index in [1.54, 1.807) is 48.8 Å². The molecule has 7 nitrogen and oxygen atoms in total. The number of piperazine rings is 1. The van der Waals surface area contributed by atoms with Crippen molar-refractivity contribution in [1.29, 1.82) is 0 Å². The summed E-state index contributed by atoms with van der Waals surface area (Å²) in [6.45, 7) is 7.18. The Hall–Kier alpha value is -2.64. The average Bonchev–Trinajstić information content (AvgIpc) is 2.62. The molecule has 0 unspecified atom stereocenters. The van der Waals surface area contributed by atoms with Crippen LogP contribution in [0.5, 0.6) is 0 Å². The third kappa shape index (κ3) is 6.83. The summed E-state index contributed by atoms with van der Waals surface area (Å²) in [5.74, 6) is -0.622. The van der Waals surface area contributed by atoms with Crippen LogP contribution in [0.1, 0.15) is 32.8 Å². The van der Waals surface area contributed by atoms with Gasteiger partial charge in [0, 0.05) is 39.1 Å². The number of ether oxygens (including phenoxy) is 1. The number of nitrogens with zero attached hydrogens (tertiary/aromatic N) is 2. The van der Waals surface area contributed by atoms with Crippen molar-refractivity contribution >= 4 is 17.9 Å². The molecule has 154 valence electrons. The highest BCUT2D eigenvalue weighted by atomic mass is 19.1. The van der Waals surface area contributed by atoms with Crippen LogP contribution in [0.15, 0.2) is 24.3 Å². The normalized spacial score (nSPS) is 14.6. The Bertz CT molecular complexity index is 710. The molecule has 0 atom stereocenters. The van der Waals surface area contributed by atoms with Crippen LogP contribution < -0.4 is 5.32 Å². The zero-order valence-corrected chi connectivity index (χ0v) is 16.7. The lowest BCUT2D eigenvalue weighted by atomic mass is 10.1. The number of hydrogen-bond acceptors (Lipinski definition) is 4. The molecule has 1 fully saturated rings. The first-order valence-corrected chi connectivity index (χ1v) is 9.41. The number of alkyl carbamates (subject to hydrolysis) is 1. The lowest BCUT2D eigenvalue weighted by molar-refractivity contribution is -0.139. The monoisotopic (exact) mass is 393 g/mol. The van der Waals surface area contributed by atoms with E-state index in [0.29, 0.717) is 31.7 Å². The fourth-order valence-corrected chi connectivity index (χ4v) is 2.87. The summed E-state index contributed by atoms with van der Waals surface area (Å²) >= 11 is 0. The van der Waals surface area contributed by atoms with Crippen LogP contribution in [0.25, 0.3) is 0 Å². The number of amides is 3. The minimum atomic E-state index is -0.584. The summed E-state index contributed by atoms with van der Waals surface area (Å²) in [7, 11) is 0. The maximum absolute atomic E-state index is 13.7. The first-order chi connectivity index (χ1) is 13.2. The van der Waals surface area contributed by atoms with Crippen LogP contribution in [0.2, 0.25) is 0 Å². The van der Waals surface area contributed by atoms with Gasteiger partial charge in [0.1, 0.15) is 11.4 Å². The van der Waals surface area contributed by atoms with Crippen molar-refractivity contribution in [3.63, 3.8) is 0 Å². The highest BCUT2D eigenvalue weighted by molar-refractivity contribution is 5.80. The van der Waals surface area contributed by atoms with E-state index in [0.717, 1.165) is 0 Å². The molecule has 0 radical (unpaired) electrons. The molecular weight excluding hydrogens is 365 g/mol. The van der Waals surface area contributed by atoms with E-state index in [4.69, 9.17) is 4.74 Å². The molecule has 2 rings (SSSR count). The smallest absolute Gasteiger partial charge is 0.407 e. The number of benzene rings is 1. The number of carbonyl (C=O) groups is 3. The molecule has 1 aromatic carbocycles. The SMILES string of the molecule is CC(C)(C)OC(=O)NCCC(=O)N1CCN(C(=O)Cc2ccccc2F)CC1. The molecular formula is C20H28FN3O4. The molecule has 1 heterocycles. The molecule has 0 spiro atoms. The number of rotatable bonds is 5. The van der Waals surface area contributed by atoms with Gasteiger partial charge in [-0.1, -0.05) is 18.2 Å². The quantitative estimate of drug-likeness (QED) is 0.829. The van der Waals surface area contributed by atoms with Gasteiger partial charge in [-0.3, -0.25) is 9.59 Å². The number of nitrogens with one attached hydrogen (secondary N) is 1. The van der Waals surface area contributed by atoms with Crippen molar-refractivity contribution in [2.45, 2.75) is 39.2 Å². The van der Waals surface area contributed by atoms with Gasteiger partial charge < -0.3 is 19.9 Å². The van der Waals surface area contributed by atoms with Gasteiger partial charge in [-0.15, -0.1) is 0 Å².